The van der Waals surface area contributed by atoms with Crippen LogP contribution in [0.2, 0.25) is 0 Å². The van der Waals surface area contributed by atoms with E-state index in [9.17, 15) is 0 Å². The van der Waals surface area contributed by atoms with Crippen LogP contribution in [0.5, 0.6) is 0 Å². The molecule has 1 nitrogen and oxygen atoms in total. The number of halogens is 1. The van der Waals surface area contributed by atoms with Crippen LogP contribution in [-0.2, 0) is 4.57 Å². The van der Waals surface area contributed by atoms with Crippen molar-refractivity contribution in [3.8, 4) is 0 Å². The molecule has 0 atom stereocenters. The zero-order valence-electron chi connectivity index (χ0n) is 19.7. The van der Waals surface area contributed by atoms with Crippen LogP contribution in [0.4, 0.5) is 0 Å². The normalized spacial score (nSPS) is 13.0. The third-order valence-electron chi connectivity index (χ3n) is 5.85. The van der Waals surface area contributed by atoms with Gasteiger partial charge in [-0.05, 0) is 53.0 Å². The summed E-state index contributed by atoms with van der Waals surface area (Å²) in [4.78, 5) is 0. The molecule has 0 unspecified atom stereocenters. The molecule has 172 valence electrons. The summed E-state index contributed by atoms with van der Waals surface area (Å²) in [6.45, 7) is 4.47. The average Bonchev–Trinajstić information content (AvgIpc) is 2.88. The van der Waals surface area contributed by atoms with Gasteiger partial charge in [0.05, 0.1) is 3.32 Å². The standard InChI is InChI=1S/C30H34IOP/c1-3-5-10-18-25(17-6-4-2)29(26-19-11-7-12-20-26)30(31)33(32,27-21-13-8-14-22-27)28-23-15-9-16-24-28/h7-9,11-16,18-24H,3-6,10,17H2,1-2H3/b25-18+,30-29+. The molecule has 0 radical (unpaired) electrons. The van der Waals surface area contributed by atoms with Gasteiger partial charge in [0.1, 0.15) is 0 Å². The van der Waals surface area contributed by atoms with Crippen LogP contribution in [0.15, 0.2) is 106 Å². The molecule has 0 spiro atoms. The van der Waals surface area contributed by atoms with Crippen LogP contribution in [0.1, 0.15) is 57.9 Å². The second-order valence-electron chi connectivity index (χ2n) is 8.29. The summed E-state index contributed by atoms with van der Waals surface area (Å²) in [7, 11) is -3.04. The van der Waals surface area contributed by atoms with Crippen LogP contribution in [-0.4, -0.2) is 0 Å². The third kappa shape index (κ3) is 6.37. The smallest absolute Gasteiger partial charge is 0.177 e. The average molecular weight is 568 g/mol. The van der Waals surface area contributed by atoms with Gasteiger partial charge in [-0.15, -0.1) is 0 Å². The number of hydrogen-bond donors (Lipinski definition) is 0. The highest BCUT2D eigenvalue weighted by atomic mass is 127. The van der Waals surface area contributed by atoms with Crippen molar-refractivity contribution in [1.29, 1.82) is 0 Å². The number of unbranched alkanes of at least 4 members (excludes halogenated alkanes) is 3. The Kier molecular flexibility index (Phi) is 10.2. The van der Waals surface area contributed by atoms with Gasteiger partial charge in [0.2, 0.25) is 0 Å². The molecule has 0 fully saturated rings. The van der Waals surface area contributed by atoms with Crippen molar-refractivity contribution in [1.82, 2.24) is 0 Å². The number of hydrogen-bond acceptors (Lipinski definition) is 1. The minimum atomic E-state index is -3.04. The second kappa shape index (κ2) is 13.1. The van der Waals surface area contributed by atoms with Crippen molar-refractivity contribution < 1.29 is 4.57 Å². The van der Waals surface area contributed by atoms with E-state index in [4.69, 9.17) is 0 Å². The van der Waals surface area contributed by atoms with Crippen molar-refractivity contribution in [2.24, 2.45) is 0 Å². The Morgan fingerprint density at radius 2 is 1.24 bits per heavy atom. The van der Waals surface area contributed by atoms with E-state index >= 15 is 4.57 Å². The fraction of sp³-hybridized carbons (Fsp3) is 0.267. The van der Waals surface area contributed by atoms with Crippen LogP contribution in [0, 0.1) is 0 Å². The maximum absolute atomic E-state index is 15.1. The molecule has 3 rings (SSSR count). The van der Waals surface area contributed by atoms with Crippen molar-refractivity contribution in [2.75, 3.05) is 0 Å². The minimum absolute atomic E-state index is 0.887. The van der Waals surface area contributed by atoms with Crippen LogP contribution < -0.4 is 10.6 Å². The molecule has 3 aromatic carbocycles. The lowest BCUT2D eigenvalue weighted by atomic mass is 9.94. The molecule has 0 N–H and O–H groups in total. The van der Waals surface area contributed by atoms with Crippen LogP contribution in [0.3, 0.4) is 0 Å². The molecule has 0 aliphatic rings. The highest BCUT2D eigenvalue weighted by molar-refractivity contribution is 14.1. The highest BCUT2D eigenvalue weighted by Crippen LogP contribution is 2.59. The van der Waals surface area contributed by atoms with Crippen LogP contribution >= 0.6 is 29.7 Å². The van der Waals surface area contributed by atoms with Gasteiger partial charge in [-0.2, -0.15) is 0 Å². The summed E-state index contributed by atoms with van der Waals surface area (Å²) in [5.74, 6) is 0. The quantitative estimate of drug-likeness (QED) is 0.0976. The minimum Gasteiger partial charge on any atom is -0.308 e. The van der Waals surface area contributed by atoms with E-state index in [1.807, 2.05) is 60.7 Å². The van der Waals surface area contributed by atoms with Crippen molar-refractivity contribution in [3.63, 3.8) is 0 Å². The molecule has 0 saturated carbocycles. The molecule has 0 amide bonds. The van der Waals surface area contributed by atoms with Gasteiger partial charge in [0.15, 0.2) is 7.14 Å². The Balaban J connectivity index is 2.32. The van der Waals surface area contributed by atoms with E-state index in [0.717, 1.165) is 50.7 Å². The lowest BCUT2D eigenvalue weighted by Crippen LogP contribution is -2.16. The van der Waals surface area contributed by atoms with Gasteiger partial charge in [-0.3, -0.25) is 0 Å². The fourth-order valence-corrected chi connectivity index (χ4v) is 8.88. The SMILES string of the molecule is CCCC/C=C(CCCC)/C(=C(/I)P(=O)(c1ccccc1)c1ccccc1)c1ccccc1. The molecule has 3 aromatic rings. The highest BCUT2D eigenvalue weighted by Gasteiger charge is 2.33. The molecule has 0 saturated heterocycles. The zero-order chi connectivity index (χ0) is 23.5. The number of allylic oxidation sites excluding steroid dienone is 3. The second-order valence-corrected chi connectivity index (χ2v) is 12.9. The van der Waals surface area contributed by atoms with E-state index in [1.54, 1.807) is 0 Å². The summed E-state index contributed by atoms with van der Waals surface area (Å²) in [5, 5.41) is 1.77. The van der Waals surface area contributed by atoms with Crippen molar-refractivity contribution in [2.45, 2.75) is 52.4 Å². The molecule has 0 heterocycles. The van der Waals surface area contributed by atoms with E-state index < -0.39 is 7.14 Å². The first-order chi connectivity index (χ1) is 16.1. The zero-order valence-corrected chi connectivity index (χ0v) is 22.8. The molecule has 0 aliphatic heterocycles. The number of benzene rings is 3. The Bertz CT molecular complexity index is 1060. The Morgan fingerprint density at radius 3 is 1.73 bits per heavy atom. The summed E-state index contributed by atoms with van der Waals surface area (Å²) in [6.07, 6.45) is 9.06. The lowest BCUT2D eigenvalue weighted by molar-refractivity contribution is 0.592. The van der Waals surface area contributed by atoms with E-state index in [1.165, 1.54) is 18.4 Å². The fourth-order valence-electron chi connectivity index (χ4n) is 4.03. The first-order valence-electron chi connectivity index (χ1n) is 12.0. The third-order valence-corrected chi connectivity index (χ3v) is 11.3. The maximum Gasteiger partial charge on any atom is 0.177 e. The molecule has 33 heavy (non-hydrogen) atoms. The lowest BCUT2D eigenvalue weighted by Gasteiger charge is -2.24. The van der Waals surface area contributed by atoms with Crippen molar-refractivity contribution >= 4 is 45.9 Å². The number of rotatable bonds is 11. The monoisotopic (exact) mass is 568 g/mol. The molecule has 0 aliphatic carbocycles. The summed E-state index contributed by atoms with van der Waals surface area (Å²) in [5.41, 5.74) is 3.62. The van der Waals surface area contributed by atoms with Gasteiger partial charge < -0.3 is 4.57 Å². The molecular formula is C30H34IOP. The van der Waals surface area contributed by atoms with E-state index in [-0.39, 0.29) is 0 Å². The molecule has 3 heteroatoms. The Hall–Kier alpha value is -1.90. The summed E-state index contributed by atoms with van der Waals surface area (Å²) < 4.78 is 16.1. The van der Waals surface area contributed by atoms with Gasteiger partial charge >= 0.3 is 0 Å². The van der Waals surface area contributed by atoms with Crippen LogP contribution in [0.25, 0.3) is 5.57 Å². The summed E-state index contributed by atoms with van der Waals surface area (Å²) >= 11 is 2.40. The van der Waals surface area contributed by atoms with Gasteiger partial charge in [-0.1, -0.05) is 130 Å². The van der Waals surface area contributed by atoms with E-state index in [2.05, 4.69) is 72.8 Å². The van der Waals surface area contributed by atoms with Gasteiger partial charge in [-0.25, -0.2) is 0 Å². The van der Waals surface area contributed by atoms with Gasteiger partial charge in [0, 0.05) is 16.2 Å². The Morgan fingerprint density at radius 1 is 0.758 bits per heavy atom. The van der Waals surface area contributed by atoms with Gasteiger partial charge in [0.25, 0.3) is 0 Å². The maximum atomic E-state index is 15.1. The molecule has 0 aromatic heterocycles. The Labute approximate surface area is 213 Å². The first-order valence-corrected chi connectivity index (χ1v) is 14.8. The predicted molar refractivity (Wildman–Crippen MR) is 154 cm³/mol. The predicted octanol–water partition coefficient (Wildman–Crippen LogP) is 9.11. The first kappa shape index (κ1) is 25.7. The van der Waals surface area contributed by atoms with E-state index in [0.29, 0.717) is 0 Å². The molecular weight excluding hydrogens is 534 g/mol. The van der Waals surface area contributed by atoms with Crippen molar-refractivity contribution in [3.05, 3.63) is 112 Å². The summed E-state index contributed by atoms with van der Waals surface area (Å²) in [6, 6.07) is 30.5. The largest absolute Gasteiger partial charge is 0.308 e. The topological polar surface area (TPSA) is 17.1 Å². The molecule has 0 bridgehead atoms.